The number of hydrogen-bond acceptors (Lipinski definition) is 5. The number of oxime groups is 1. The molecule has 1 aromatic heterocycles. The van der Waals surface area contributed by atoms with Gasteiger partial charge < -0.3 is 10.9 Å². The van der Waals surface area contributed by atoms with Crippen LogP contribution in [0.15, 0.2) is 16.2 Å². The van der Waals surface area contributed by atoms with Gasteiger partial charge in [0.25, 0.3) is 0 Å². The monoisotopic (exact) mass is 275 g/mol. The molecule has 0 saturated carbocycles. The Morgan fingerprint density at radius 3 is 2.83 bits per heavy atom. The first-order valence-corrected chi connectivity index (χ1v) is 6.87. The maximum atomic E-state index is 12.0. The summed E-state index contributed by atoms with van der Waals surface area (Å²) in [5.74, 6) is -0.0199. The Hall–Kier alpha value is -1.61. The summed E-state index contributed by atoms with van der Waals surface area (Å²) in [4.78, 5) is 0.0976. The molecule has 0 bridgehead atoms. The Balaban J connectivity index is 2.85. The molecule has 0 aliphatic carbocycles. The topological polar surface area (TPSA) is 133 Å². The molecule has 0 spiro atoms. The molecule has 1 heterocycles. The molecule has 8 nitrogen and oxygen atoms in total. The second kappa shape index (κ2) is 5.83. The van der Waals surface area contributed by atoms with E-state index in [0.717, 1.165) is 0 Å². The summed E-state index contributed by atoms with van der Waals surface area (Å²) in [6, 6.07) is -0.430. The smallest absolute Gasteiger partial charge is 0.244 e. The van der Waals surface area contributed by atoms with Crippen LogP contribution in [0.5, 0.6) is 0 Å². The lowest BCUT2D eigenvalue weighted by Gasteiger charge is -2.15. The molecule has 0 aliphatic rings. The molecule has 1 atom stereocenters. The Bertz CT molecular complexity index is 522. The fourth-order valence-corrected chi connectivity index (χ4v) is 2.91. The van der Waals surface area contributed by atoms with Crippen LogP contribution in [0.4, 0.5) is 0 Å². The normalized spacial score (nSPS) is 14.7. The maximum absolute atomic E-state index is 12.0. The van der Waals surface area contributed by atoms with Gasteiger partial charge in [0.2, 0.25) is 10.0 Å². The molecular weight excluding hydrogens is 258 g/mol. The van der Waals surface area contributed by atoms with Gasteiger partial charge in [0.05, 0.1) is 11.9 Å². The number of sulfonamides is 1. The van der Waals surface area contributed by atoms with Crippen LogP contribution in [0.2, 0.25) is 0 Å². The lowest BCUT2D eigenvalue weighted by atomic mass is 10.1. The molecule has 0 fully saturated rings. The zero-order valence-corrected chi connectivity index (χ0v) is 11.0. The van der Waals surface area contributed by atoms with Crippen molar-refractivity contribution >= 4 is 15.9 Å². The number of aromatic amines is 1. The van der Waals surface area contributed by atoms with Gasteiger partial charge in [-0.05, 0) is 13.3 Å². The van der Waals surface area contributed by atoms with Gasteiger partial charge in [0, 0.05) is 12.5 Å². The number of amidine groups is 1. The summed E-state index contributed by atoms with van der Waals surface area (Å²) >= 11 is 0. The number of nitrogens with two attached hydrogens (primary N) is 1. The van der Waals surface area contributed by atoms with Crippen molar-refractivity contribution in [1.29, 1.82) is 0 Å². The second-order valence-corrected chi connectivity index (χ2v) is 5.56. The van der Waals surface area contributed by atoms with Crippen LogP contribution in [-0.2, 0) is 10.0 Å². The summed E-state index contributed by atoms with van der Waals surface area (Å²) in [7, 11) is -3.65. The van der Waals surface area contributed by atoms with Gasteiger partial charge in [-0.3, -0.25) is 5.10 Å². The number of rotatable bonds is 6. The number of H-pyrrole nitrogens is 1. The van der Waals surface area contributed by atoms with Crippen molar-refractivity contribution in [1.82, 2.24) is 14.9 Å². The highest BCUT2D eigenvalue weighted by Crippen LogP contribution is 2.12. The minimum Gasteiger partial charge on any atom is -0.409 e. The zero-order chi connectivity index (χ0) is 13.8. The van der Waals surface area contributed by atoms with Gasteiger partial charge in [-0.15, -0.1) is 0 Å². The van der Waals surface area contributed by atoms with Gasteiger partial charge in [-0.2, -0.15) is 5.10 Å². The first-order chi connectivity index (χ1) is 8.40. The van der Waals surface area contributed by atoms with Crippen LogP contribution in [0.1, 0.15) is 25.5 Å². The first-order valence-electron chi connectivity index (χ1n) is 5.39. The van der Waals surface area contributed by atoms with E-state index < -0.39 is 16.1 Å². The number of nitrogens with zero attached hydrogens (tertiary/aromatic N) is 2. The quantitative estimate of drug-likeness (QED) is 0.249. The lowest BCUT2D eigenvalue weighted by molar-refractivity contribution is 0.316. The third-order valence-electron chi connectivity index (χ3n) is 2.47. The molecule has 0 aromatic carbocycles. The van der Waals surface area contributed by atoms with Gasteiger partial charge in [-0.1, -0.05) is 12.1 Å². The summed E-state index contributed by atoms with van der Waals surface area (Å²) < 4.78 is 26.6. The van der Waals surface area contributed by atoms with Crippen LogP contribution in [0, 0.1) is 6.92 Å². The average Bonchev–Trinajstić information content (AvgIpc) is 2.74. The van der Waals surface area contributed by atoms with Gasteiger partial charge in [-0.25, -0.2) is 13.1 Å². The second-order valence-electron chi connectivity index (χ2n) is 3.88. The van der Waals surface area contributed by atoms with Crippen LogP contribution in [0.25, 0.3) is 0 Å². The molecule has 18 heavy (non-hydrogen) atoms. The molecule has 5 N–H and O–H groups in total. The fraction of sp³-hybridized carbons (Fsp3) is 0.556. The molecule has 0 radical (unpaired) electrons. The van der Waals surface area contributed by atoms with Crippen molar-refractivity contribution in [3.8, 4) is 0 Å². The van der Waals surface area contributed by atoms with Gasteiger partial charge in [0.1, 0.15) is 10.7 Å². The molecule has 0 aliphatic heterocycles. The van der Waals surface area contributed by atoms with E-state index in [1.807, 2.05) is 0 Å². The Morgan fingerprint density at radius 1 is 1.72 bits per heavy atom. The highest BCUT2D eigenvalue weighted by molar-refractivity contribution is 7.89. The molecule has 1 aromatic rings. The van der Waals surface area contributed by atoms with E-state index in [4.69, 9.17) is 10.9 Å². The van der Waals surface area contributed by atoms with Crippen molar-refractivity contribution in [3.05, 3.63) is 11.9 Å². The van der Waals surface area contributed by atoms with Crippen LogP contribution >= 0.6 is 0 Å². The first kappa shape index (κ1) is 14.5. The number of hydrogen-bond donors (Lipinski definition) is 4. The Kier molecular flexibility index (Phi) is 4.68. The number of nitrogens with one attached hydrogen (secondary N) is 2. The largest absolute Gasteiger partial charge is 0.409 e. The molecule has 0 amide bonds. The van der Waals surface area contributed by atoms with E-state index in [9.17, 15) is 8.42 Å². The highest BCUT2D eigenvalue weighted by atomic mass is 32.2. The van der Waals surface area contributed by atoms with Crippen molar-refractivity contribution < 1.29 is 13.6 Å². The van der Waals surface area contributed by atoms with Crippen molar-refractivity contribution in [2.24, 2.45) is 10.9 Å². The number of aryl methyl sites for hydroxylation is 1. The van der Waals surface area contributed by atoms with Crippen molar-refractivity contribution in [2.75, 3.05) is 0 Å². The van der Waals surface area contributed by atoms with Crippen LogP contribution < -0.4 is 10.5 Å². The van der Waals surface area contributed by atoms with E-state index in [2.05, 4.69) is 20.1 Å². The van der Waals surface area contributed by atoms with Crippen molar-refractivity contribution in [3.63, 3.8) is 0 Å². The molecule has 0 saturated heterocycles. The van der Waals surface area contributed by atoms with E-state index in [-0.39, 0.29) is 17.2 Å². The Morgan fingerprint density at radius 2 is 2.39 bits per heavy atom. The standard InChI is InChI=1S/C9H17N5O3S/c1-3-7(4-9(10)13-15)14-18(16,17)8-5-11-12-6(8)2/h5,7,14-15H,3-4H2,1-2H3,(H2,10,13)(H,11,12). The average molecular weight is 275 g/mol. The lowest BCUT2D eigenvalue weighted by Crippen LogP contribution is -2.37. The maximum Gasteiger partial charge on any atom is 0.244 e. The van der Waals surface area contributed by atoms with E-state index in [1.54, 1.807) is 13.8 Å². The van der Waals surface area contributed by atoms with E-state index in [0.29, 0.717) is 12.1 Å². The predicted octanol–water partition coefficient (Wildman–Crippen LogP) is -0.0885. The third-order valence-corrected chi connectivity index (χ3v) is 4.11. The third kappa shape index (κ3) is 3.44. The molecule has 9 heteroatoms. The zero-order valence-electron chi connectivity index (χ0n) is 10.2. The van der Waals surface area contributed by atoms with Gasteiger partial charge >= 0.3 is 0 Å². The summed E-state index contributed by atoms with van der Waals surface area (Å²) in [6.07, 6.45) is 1.91. The summed E-state index contributed by atoms with van der Waals surface area (Å²) in [6.45, 7) is 3.42. The minimum absolute atomic E-state index is 0.0199. The minimum atomic E-state index is -3.65. The van der Waals surface area contributed by atoms with E-state index >= 15 is 0 Å². The SMILES string of the molecule is CCC(CC(N)=NO)NS(=O)(=O)c1cn[nH]c1C. The molecule has 1 unspecified atom stereocenters. The number of aromatic nitrogens is 2. The summed E-state index contributed by atoms with van der Waals surface area (Å²) in [5, 5.41) is 17.5. The molecule has 102 valence electrons. The van der Waals surface area contributed by atoms with E-state index in [1.165, 1.54) is 6.20 Å². The van der Waals surface area contributed by atoms with Crippen LogP contribution in [-0.4, -0.2) is 35.7 Å². The van der Waals surface area contributed by atoms with Gasteiger partial charge in [0.15, 0.2) is 0 Å². The summed E-state index contributed by atoms with van der Waals surface area (Å²) in [5.41, 5.74) is 5.82. The highest BCUT2D eigenvalue weighted by Gasteiger charge is 2.22. The Labute approximate surface area is 105 Å². The molecule has 1 rings (SSSR count). The van der Waals surface area contributed by atoms with Crippen molar-refractivity contribution in [2.45, 2.75) is 37.6 Å². The fourth-order valence-electron chi connectivity index (χ4n) is 1.46. The molecular formula is C9H17N5O3S. The predicted molar refractivity (Wildman–Crippen MR) is 65.8 cm³/mol. The van der Waals surface area contributed by atoms with Crippen LogP contribution in [0.3, 0.4) is 0 Å².